The third-order valence-corrected chi connectivity index (χ3v) is 4.88. The summed E-state index contributed by atoms with van der Waals surface area (Å²) in [6.45, 7) is 1.61. The van der Waals surface area contributed by atoms with Crippen LogP contribution in [0.25, 0.3) is 0 Å². The van der Waals surface area contributed by atoms with Crippen molar-refractivity contribution in [1.82, 2.24) is 5.06 Å². The van der Waals surface area contributed by atoms with Crippen LogP contribution < -0.4 is 0 Å². The van der Waals surface area contributed by atoms with Gasteiger partial charge in [-0.05, 0) is 18.1 Å². The molecule has 1 fully saturated rings. The number of hydroxylamine groups is 2. The van der Waals surface area contributed by atoms with Crippen LogP contribution in [-0.2, 0) is 9.57 Å². The summed E-state index contributed by atoms with van der Waals surface area (Å²) in [6.07, 6.45) is -6.45. The molecule has 3 rings (SSSR count). The lowest BCUT2D eigenvalue weighted by atomic mass is 9.94. The van der Waals surface area contributed by atoms with Gasteiger partial charge in [-0.25, -0.2) is 0 Å². The van der Waals surface area contributed by atoms with Crippen LogP contribution in [0.5, 0.6) is 0 Å². The Morgan fingerprint density at radius 2 is 1.43 bits per heavy atom. The maximum atomic E-state index is 10.6. The Morgan fingerprint density at radius 1 is 0.893 bits per heavy atom. The van der Waals surface area contributed by atoms with E-state index in [4.69, 9.17) is 9.57 Å². The van der Waals surface area contributed by atoms with E-state index in [-0.39, 0.29) is 0 Å². The molecule has 0 aromatic heterocycles. The zero-order valence-electron chi connectivity index (χ0n) is 15.7. The molecule has 0 radical (unpaired) electrons. The van der Waals surface area contributed by atoms with Crippen molar-refractivity contribution in [2.45, 2.75) is 43.6 Å². The van der Waals surface area contributed by atoms with Gasteiger partial charge in [0, 0.05) is 0 Å². The predicted octanol–water partition coefficient (Wildman–Crippen LogP) is 0.829. The Bertz CT molecular complexity index is 674. The molecule has 28 heavy (non-hydrogen) atoms. The molecule has 5 atom stereocenters. The van der Waals surface area contributed by atoms with Gasteiger partial charge >= 0.3 is 0 Å². The number of ether oxygens (including phenoxy) is 1. The first-order valence-electron chi connectivity index (χ1n) is 9.40. The highest BCUT2D eigenvalue weighted by Crippen LogP contribution is 2.34. The molecule has 2 aromatic carbocycles. The van der Waals surface area contributed by atoms with E-state index in [1.807, 2.05) is 67.6 Å². The van der Waals surface area contributed by atoms with Crippen LogP contribution in [0.1, 0.15) is 24.1 Å². The van der Waals surface area contributed by atoms with Crippen LogP contribution in [-0.4, -0.2) is 69.3 Å². The van der Waals surface area contributed by atoms with E-state index < -0.39 is 43.3 Å². The first kappa shape index (κ1) is 20.9. The van der Waals surface area contributed by atoms with Gasteiger partial charge in [0.05, 0.1) is 19.3 Å². The van der Waals surface area contributed by atoms with Crippen LogP contribution in [0.2, 0.25) is 0 Å². The molecule has 7 heteroatoms. The second kappa shape index (κ2) is 9.58. The first-order valence-corrected chi connectivity index (χ1v) is 9.40. The van der Waals surface area contributed by atoms with Crippen LogP contribution in [0.15, 0.2) is 60.7 Å². The lowest BCUT2D eigenvalue weighted by Gasteiger charge is -2.46. The Labute approximate surface area is 164 Å². The summed E-state index contributed by atoms with van der Waals surface area (Å²) in [5.74, 6) is 0. The van der Waals surface area contributed by atoms with Gasteiger partial charge in [0.2, 0.25) is 0 Å². The predicted molar refractivity (Wildman–Crippen MR) is 102 cm³/mol. The number of nitrogens with zero attached hydrogens (tertiary/aromatic N) is 1. The number of hydrogen-bond donors (Lipinski definition) is 4. The Kier molecular flexibility index (Phi) is 7.14. The van der Waals surface area contributed by atoms with E-state index in [0.29, 0.717) is 6.61 Å². The summed E-state index contributed by atoms with van der Waals surface area (Å²) < 4.78 is 5.76. The molecule has 2 aromatic rings. The molecule has 0 unspecified atom stereocenters. The molecule has 0 amide bonds. The average molecular weight is 389 g/mol. The van der Waals surface area contributed by atoms with Crippen molar-refractivity contribution < 1.29 is 30.0 Å². The van der Waals surface area contributed by atoms with Crippen molar-refractivity contribution in [3.8, 4) is 0 Å². The second-order valence-electron chi connectivity index (χ2n) is 6.72. The molecule has 1 aliphatic rings. The lowest BCUT2D eigenvalue weighted by Crippen LogP contribution is -2.63. The standard InChI is InChI=1S/C21H27NO6/c1-2-27-22(21-20(26)19(25)18(24)16(13-23)28-21)17(14-9-5-3-6-10-14)15-11-7-4-8-12-15/h3-12,16-21,23-26H,2,13H2,1H3/t16-,18-,19+,20-,21-/m1/s1. The normalized spacial score (nSPS) is 28.0. The number of benzene rings is 2. The topological polar surface area (TPSA) is 103 Å². The van der Waals surface area contributed by atoms with Crippen LogP contribution >= 0.6 is 0 Å². The molecule has 1 heterocycles. The molecule has 0 spiro atoms. The summed E-state index contributed by atoms with van der Waals surface area (Å²) in [5.41, 5.74) is 1.80. The van der Waals surface area contributed by atoms with E-state index in [0.717, 1.165) is 11.1 Å². The van der Waals surface area contributed by atoms with E-state index >= 15 is 0 Å². The highest BCUT2D eigenvalue weighted by atomic mass is 16.7. The van der Waals surface area contributed by atoms with Gasteiger partial charge < -0.3 is 25.2 Å². The van der Waals surface area contributed by atoms with Crippen molar-refractivity contribution in [1.29, 1.82) is 0 Å². The van der Waals surface area contributed by atoms with Gasteiger partial charge in [-0.3, -0.25) is 4.84 Å². The van der Waals surface area contributed by atoms with Crippen molar-refractivity contribution in [2.75, 3.05) is 13.2 Å². The van der Waals surface area contributed by atoms with Gasteiger partial charge in [-0.15, -0.1) is 5.06 Å². The fraction of sp³-hybridized carbons (Fsp3) is 0.429. The van der Waals surface area contributed by atoms with Gasteiger partial charge in [0.1, 0.15) is 24.4 Å². The van der Waals surface area contributed by atoms with E-state index in [9.17, 15) is 20.4 Å². The smallest absolute Gasteiger partial charge is 0.163 e. The number of rotatable bonds is 7. The SMILES string of the molecule is CCON(C(c1ccccc1)c1ccccc1)[C@@H]1O[C@H](CO)[C@@H](O)[C@H](O)[C@H]1O. The van der Waals surface area contributed by atoms with Gasteiger partial charge in [-0.1, -0.05) is 60.7 Å². The highest BCUT2D eigenvalue weighted by molar-refractivity contribution is 5.31. The van der Waals surface area contributed by atoms with E-state index in [1.165, 1.54) is 5.06 Å². The molecular formula is C21H27NO6. The van der Waals surface area contributed by atoms with Crippen LogP contribution in [0.3, 0.4) is 0 Å². The molecule has 1 aliphatic heterocycles. The zero-order valence-corrected chi connectivity index (χ0v) is 15.7. The lowest BCUT2D eigenvalue weighted by molar-refractivity contribution is -0.343. The third kappa shape index (κ3) is 4.26. The van der Waals surface area contributed by atoms with Gasteiger partial charge in [0.25, 0.3) is 0 Å². The maximum Gasteiger partial charge on any atom is 0.163 e. The molecule has 152 valence electrons. The zero-order chi connectivity index (χ0) is 20.1. The number of aliphatic hydroxyl groups excluding tert-OH is 4. The molecule has 0 aliphatic carbocycles. The highest BCUT2D eigenvalue weighted by Gasteiger charge is 2.48. The Hall–Kier alpha value is -1.84. The summed E-state index contributed by atoms with van der Waals surface area (Å²) >= 11 is 0. The van der Waals surface area contributed by atoms with Crippen molar-refractivity contribution in [3.63, 3.8) is 0 Å². The fourth-order valence-electron chi connectivity index (χ4n) is 3.49. The van der Waals surface area contributed by atoms with Crippen LogP contribution in [0, 0.1) is 0 Å². The first-order chi connectivity index (χ1) is 13.6. The summed E-state index contributed by atoms with van der Waals surface area (Å²) in [6, 6.07) is 18.7. The Morgan fingerprint density at radius 3 is 1.89 bits per heavy atom. The average Bonchev–Trinajstić information content (AvgIpc) is 2.74. The molecular weight excluding hydrogens is 362 g/mol. The second-order valence-corrected chi connectivity index (χ2v) is 6.72. The third-order valence-electron chi connectivity index (χ3n) is 4.88. The minimum Gasteiger partial charge on any atom is -0.394 e. The molecule has 0 bridgehead atoms. The fourth-order valence-corrected chi connectivity index (χ4v) is 3.49. The number of hydrogen-bond acceptors (Lipinski definition) is 7. The van der Waals surface area contributed by atoms with Gasteiger partial charge in [-0.2, -0.15) is 0 Å². The number of aliphatic hydroxyl groups is 4. The summed E-state index contributed by atoms with van der Waals surface area (Å²) in [4.78, 5) is 5.87. The minimum atomic E-state index is -1.48. The van der Waals surface area contributed by atoms with Crippen LogP contribution in [0.4, 0.5) is 0 Å². The summed E-state index contributed by atoms with van der Waals surface area (Å²) in [5, 5.41) is 42.0. The van der Waals surface area contributed by atoms with Gasteiger partial charge in [0.15, 0.2) is 6.23 Å². The maximum absolute atomic E-state index is 10.6. The van der Waals surface area contributed by atoms with Crippen molar-refractivity contribution in [2.24, 2.45) is 0 Å². The van der Waals surface area contributed by atoms with E-state index in [2.05, 4.69) is 0 Å². The van der Waals surface area contributed by atoms with Crippen molar-refractivity contribution >= 4 is 0 Å². The monoisotopic (exact) mass is 389 g/mol. The Balaban J connectivity index is 2.03. The van der Waals surface area contributed by atoms with E-state index in [1.54, 1.807) is 0 Å². The minimum absolute atomic E-state index is 0.297. The summed E-state index contributed by atoms with van der Waals surface area (Å²) in [7, 11) is 0. The van der Waals surface area contributed by atoms with Crippen molar-refractivity contribution in [3.05, 3.63) is 71.8 Å². The molecule has 7 nitrogen and oxygen atoms in total. The molecule has 1 saturated heterocycles. The molecule has 0 saturated carbocycles. The molecule has 4 N–H and O–H groups in total. The largest absolute Gasteiger partial charge is 0.394 e. The quantitative estimate of drug-likeness (QED) is 0.520.